The molecule has 2 rings (SSSR count). The van der Waals surface area contributed by atoms with Crippen molar-refractivity contribution in [3.05, 3.63) is 22.2 Å². The molecule has 0 bridgehead atoms. The van der Waals surface area contributed by atoms with Gasteiger partial charge in [-0.2, -0.15) is 4.98 Å². The van der Waals surface area contributed by atoms with Gasteiger partial charge in [0.1, 0.15) is 37.4 Å². The number of aromatic nitrogens is 2. The van der Waals surface area contributed by atoms with E-state index in [0.717, 1.165) is 0 Å². The van der Waals surface area contributed by atoms with Gasteiger partial charge in [-0.25, -0.2) is 4.79 Å². The summed E-state index contributed by atoms with van der Waals surface area (Å²) in [4.78, 5) is 50.3. The van der Waals surface area contributed by atoms with Gasteiger partial charge < -0.3 is 24.3 Å². The normalized spacial score (nSPS) is 20.8. The van der Waals surface area contributed by atoms with Crippen molar-refractivity contribution < 1.29 is 33.3 Å². The largest absolute Gasteiger partial charge is 0.465 e. The lowest BCUT2D eigenvalue weighted by molar-refractivity contribution is -0.155. The Morgan fingerprint density at radius 3 is 2.62 bits per heavy atom. The summed E-state index contributed by atoms with van der Waals surface area (Å²) in [5.41, 5.74) is -0.00774. The summed E-state index contributed by atoms with van der Waals surface area (Å²) < 4.78 is 22.1. The number of nitrogens with zero attached hydrogens (tertiary/aromatic N) is 2. The topological polar surface area (TPSA) is 135 Å². The van der Waals surface area contributed by atoms with Crippen LogP contribution in [0.4, 0.5) is 5.82 Å². The highest BCUT2D eigenvalue weighted by Gasteiger charge is 2.39. The van der Waals surface area contributed by atoms with Gasteiger partial charge >= 0.3 is 23.6 Å². The van der Waals surface area contributed by atoms with Crippen LogP contribution in [0.25, 0.3) is 0 Å². The lowest BCUT2D eigenvalue weighted by Crippen LogP contribution is -2.31. The third kappa shape index (κ3) is 6.28. The Morgan fingerprint density at radius 2 is 2.00 bits per heavy atom. The molecule has 160 valence electrons. The minimum Gasteiger partial charge on any atom is -0.465 e. The highest BCUT2D eigenvalue weighted by molar-refractivity contribution is 5.74. The third-order valence-electron chi connectivity index (χ3n) is 4.10. The van der Waals surface area contributed by atoms with Crippen molar-refractivity contribution in [3.63, 3.8) is 0 Å². The molecule has 0 unspecified atom stereocenters. The molecule has 3 atom stereocenters. The second kappa shape index (κ2) is 10.0. The van der Waals surface area contributed by atoms with E-state index in [2.05, 4.69) is 10.3 Å². The van der Waals surface area contributed by atoms with Gasteiger partial charge in [0.2, 0.25) is 0 Å². The van der Waals surface area contributed by atoms with E-state index in [0.29, 0.717) is 5.56 Å². The Balaban J connectivity index is 2.15. The van der Waals surface area contributed by atoms with Crippen molar-refractivity contribution in [2.24, 2.45) is 0 Å². The van der Waals surface area contributed by atoms with E-state index in [9.17, 15) is 19.2 Å². The first-order chi connectivity index (χ1) is 13.7. The number of esters is 3. The molecule has 1 aromatic rings. The van der Waals surface area contributed by atoms with Crippen molar-refractivity contribution in [3.8, 4) is 0 Å². The Morgan fingerprint density at radius 1 is 1.28 bits per heavy atom. The lowest BCUT2D eigenvalue weighted by Gasteiger charge is -2.18. The first-order valence-corrected chi connectivity index (χ1v) is 9.16. The summed E-state index contributed by atoms with van der Waals surface area (Å²) >= 11 is 0. The van der Waals surface area contributed by atoms with Gasteiger partial charge in [-0.15, -0.1) is 0 Å². The summed E-state index contributed by atoms with van der Waals surface area (Å²) in [6, 6.07) is 0. The van der Waals surface area contributed by atoms with Crippen LogP contribution < -0.4 is 11.0 Å². The van der Waals surface area contributed by atoms with Gasteiger partial charge in [0.25, 0.3) is 0 Å². The number of carbonyl (C=O) groups excluding carboxylic acids is 3. The van der Waals surface area contributed by atoms with E-state index in [4.69, 9.17) is 18.9 Å². The quantitative estimate of drug-likeness (QED) is 0.470. The van der Waals surface area contributed by atoms with Crippen LogP contribution in [0.15, 0.2) is 11.0 Å². The molecule has 0 radical (unpaired) electrons. The van der Waals surface area contributed by atoms with Crippen molar-refractivity contribution >= 4 is 23.7 Å². The average Bonchev–Trinajstić information content (AvgIpc) is 3.02. The maximum atomic E-state index is 12.5. The molecule has 29 heavy (non-hydrogen) atoms. The Kier molecular flexibility index (Phi) is 7.71. The zero-order valence-electron chi connectivity index (χ0n) is 16.8. The van der Waals surface area contributed by atoms with Gasteiger partial charge in [0, 0.05) is 32.0 Å². The maximum Gasteiger partial charge on any atom is 0.351 e. The number of carbonyl (C=O) groups is 3. The minimum absolute atomic E-state index is 0.107. The average molecular weight is 411 g/mol. The number of aryl methyl sites for hydroxylation is 1. The van der Waals surface area contributed by atoms with Crippen molar-refractivity contribution in [2.75, 3.05) is 25.1 Å². The van der Waals surface area contributed by atoms with E-state index < -0.39 is 42.0 Å². The summed E-state index contributed by atoms with van der Waals surface area (Å²) in [6.45, 7) is 5.96. The van der Waals surface area contributed by atoms with E-state index in [1.165, 1.54) is 24.6 Å². The van der Waals surface area contributed by atoms with E-state index in [-0.39, 0.29) is 32.0 Å². The third-order valence-corrected chi connectivity index (χ3v) is 4.10. The monoisotopic (exact) mass is 411 g/mol. The zero-order chi connectivity index (χ0) is 21.6. The van der Waals surface area contributed by atoms with E-state index in [1.807, 2.05) is 0 Å². The molecule has 1 N–H and O–H groups in total. The van der Waals surface area contributed by atoms with E-state index in [1.54, 1.807) is 13.8 Å². The molecule has 1 fully saturated rings. The van der Waals surface area contributed by atoms with Crippen LogP contribution in [0, 0.1) is 6.92 Å². The highest BCUT2D eigenvalue weighted by atomic mass is 16.6. The van der Waals surface area contributed by atoms with Crippen molar-refractivity contribution in [2.45, 2.75) is 52.6 Å². The minimum atomic E-state index is -0.752. The molecule has 11 nitrogen and oxygen atoms in total. The molecule has 1 saturated heterocycles. The van der Waals surface area contributed by atoms with Crippen LogP contribution in [0.5, 0.6) is 0 Å². The second-order valence-corrected chi connectivity index (χ2v) is 6.44. The summed E-state index contributed by atoms with van der Waals surface area (Å²) in [5, 5.41) is 2.77. The summed E-state index contributed by atoms with van der Waals surface area (Å²) in [7, 11) is 0. The fraction of sp³-hybridized carbons (Fsp3) is 0.611. The number of ether oxygens (including phenoxy) is 4. The first kappa shape index (κ1) is 22.3. The van der Waals surface area contributed by atoms with Crippen LogP contribution >= 0.6 is 0 Å². The highest BCUT2D eigenvalue weighted by Crippen LogP contribution is 2.30. The van der Waals surface area contributed by atoms with Gasteiger partial charge in [0.05, 0.1) is 6.61 Å². The number of nitrogens with one attached hydrogen (secondary N) is 1. The fourth-order valence-corrected chi connectivity index (χ4v) is 2.88. The molecular weight excluding hydrogens is 386 g/mol. The number of rotatable bonds is 8. The van der Waals surface area contributed by atoms with E-state index >= 15 is 0 Å². The fourth-order valence-electron chi connectivity index (χ4n) is 2.88. The number of hydrogen-bond acceptors (Lipinski definition) is 10. The van der Waals surface area contributed by atoms with Crippen LogP contribution in [-0.4, -0.2) is 59.4 Å². The Bertz CT molecular complexity index is 822. The SMILES string of the molecule is CCOC(=O)CNc1nc(=O)n([C@H]2C[C@H](OC(C)=O)[C@@H](COC(C)=O)O2)cc1C. The van der Waals surface area contributed by atoms with Crippen LogP contribution in [0.3, 0.4) is 0 Å². The molecule has 1 aliphatic rings. The Hall–Kier alpha value is -2.95. The maximum absolute atomic E-state index is 12.5. The number of anilines is 1. The van der Waals surface area contributed by atoms with Gasteiger partial charge in [-0.1, -0.05) is 0 Å². The molecule has 0 spiro atoms. The smallest absolute Gasteiger partial charge is 0.351 e. The van der Waals surface area contributed by atoms with Crippen molar-refractivity contribution in [1.82, 2.24) is 9.55 Å². The molecular formula is C18H25N3O8. The van der Waals surface area contributed by atoms with Gasteiger partial charge in [-0.3, -0.25) is 19.0 Å². The molecule has 11 heteroatoms. The van der Waals surface area contributed by atoms with Crippen molar-refractivity contribution in [1.29, 1.82) is 0 Å². The second-order valence-electron chi connectivity index (χ2n) is 6.44. The standard InChI is InChI=1S/C18H25N3O8/c1-5-26-16(24)7-19-17-10(2)8-21(18(25)20-17)15-6-13(28-12(4)23)14(29-15)9-27-11(3)22/h8,13-15H,5-7,9H2,1-4H3,(H,19,20,25)/t13-,14+,15+/m0/s1. The molecule has 0 amide bonds. The van der Waals surface area contributed by atoms with Gasteiger partial charge in [-0.05, 0) is 13.8 Å². The predicted molar refractivity (Wildman–Crippen MR) is 99.1 cm³/mol. The van der Waals surface area contributed by atoms with Gasteiger partial charge in [0.15, 0.2) is 0 Å². The molecule has 0 aromatic carbocycles. The molecule has 0 aliphatic carbocycles. The lowest BCUT2D eigenvalue weighted by atomic mass is 10.2. The van der Waals surface area contributed by atoms with Crippen LogP contribution in [0.2, 0.25) is 0 Å². The summed E-state index contributed by atoms with van der Waals surface area (Å²) in [5.74, 6) is -1.21. The van der Waals surface area contributed by atoms with Crippen LogP contribution in [-0.2, 0) is 33.3 Å². The number of hydrogen-bond donors (Lipinski definition) is 1. The Labute approximate surface area is 167 Å². The van der Waals surface area contributed by atoms with Crippen LogP contribution in [0.1, 0.15) is 39.0 Å². The first-order valence-electron chi connectivity index (χ1n) is 9.16. The summed E-state index contributed by atoms with van der Waals surface area (Å²) in [6.07, 6.45) is -0.403. The molecule has 1 aromatic heterocycles. The molecule has 2 heterocycles. The zero-order valence-corrected chi connectivity index (χ0v) is 16.8. The predicted octanol–water partition coefficient (Wildman–Crippen LogP) is 0.309. The molecule has 0 saturated carbocycles. The molecule has 1 aliphatic heterocycles.